The van der Waals surface area contributed by atoms with Gasteiger partial charge < -0.3 is 4.74 Å². The van der Waals surface area contributed by atoms with E-state index in [1.165, 1.54) is 18.4 Å². The summed E-state index contributed by atoms with van der Waals surface area (Å²) in [6, 6.07) is 10.7. The number of allylic oxidation sites excluding steroid dienone is 1. The second kappa shape index (κ2) is 7.71. The molecule has 1 atom stereocenters. The van der Waals surface area contributed by atoms with E-state index in [-0.39, 0.29) is 17.4 Å². The van der Waals surface area contributed by atoms with E-state index in [1.807, 2.05) is 17.5 Å². The highest BCUT2D eigenvalue weighted by Gasteiger charge is 2.38. The van der Waals surface area contributed by atoms with Gasteiger partial charge in [-0.15, -0.1) is 11.3 Å². The SMILES string of the molecule is COC(=O)N1C(=O)/C(=C(/C)C[C@@H](C[N+](=O)[O-])c2cccs2)c2ccccc21. The zero-order chi connectivity index (χ0) is 19.6. The largest absolute Gasteiger partial charge is 0.452 e. The molecule has 2 amide bonds. The molecular formula is C19H18N2O5S. The zero-order valence-electron chi connectivity index (χ0n) is 14.9. The molecule has 2 heterocycles. The molecule has 1 aromatic carbocycles. The molecule has 0 aliphatic carbocycles. The Bertz CT molecular complexity index is 920. The summed E-state index contributed by atoms with van der Waals surface area (Å²) >= 11 is 1.46. The second-order valence-corrected chi connectivity index (χ2v) is 7.19. The Morgan fingerprint density at radius 3 is 2.67 bits per heavy atom. The number of amides is 2. The number of thiophene rings is 1. The van der Waals surface area contributed by atoms with Crippen LogP contribution in [0.4, 0.5) is 10.5 Å². The van der Waals surface area contributed by atoms with Crippen molar-refractivity contribution in [2.75, 3.05) is 18.6 Å². The Kier molecular flexibility index (Phi) is 5.36. The highest BCUT2D eigenvalue weighted by molar-refractivity contribution is 7.10. The molecule has 1 aromatic heterocycles. The number of anilines is 1. The average Bonchev–Trinajstić information content (AvgIpc) is 3.25. The Hall–Kier alpha value is -3.00. The number of methoxy groups -OCH3 is 1. The summed E-state index contributed by atoms with van der Waals surface area (Å²) in [4.78, 5) is 37.7. The molecule has 0 radical (unpaired) electrons. The van der Waals surface area contributed by atoms with Gasteiger partial charge in [-0.1, -0.05) is 29.8 Å². The number of para-hydroxylation sites is 1. The molecule has 27 heavy (non-hydrogen) atoms. The van der Waals surface area contributed by atoms with Crippen LogP contribution in [0.1, 0.15) is 29.7 Å². The van der Waals surface area contributed by atoms with E-state index in [9.17, 15) is 19.7 Å². The van der Waals surface area contributed by atoms with Crippen LogP contribution in [0.15, 0.2) is 47.4 Å². The summed E-state index contributed by atoms with van der Waals surface area (Å²) < 4.78 is 4.74. The zero-order valence-corrected chi connectivity index (χ0v) is 15.7. The Morgan fingerprint density at radius 1 is 1.30 bits per heavy atom. The van der Waals surface area contributed by atoms with E-state index < -0.39 is 12.0 Å². The van der Waals surface area contributed by atoms with Crippen molar-refractivity contribution in [3.05, 3.63) is 67.9 Å². The quantitative estimate of drug-likeness (QED) is 0.439. The van der Waals surface area contributed by atoms with Crippen LogP contribution in [0.5, 0.6) is 0 Å². The second-order valence-electron chi connectivity index (χ2n) is 6.21. The van der Waals surface area contributed by atoms with Crippen molar-refractivity contribution in [1.82, 2.24) is 0 Å². The van der Waals surface area contributed by atoms with Gasteiger partial charge in [-0.2, -0.15) is 0 Å². The van der Waals surface area contributed by atoms with Crippen LogP contribution in [0.3, 0.4) is 0 Å². The number of imide groups is 1. The van der Waals surface area contributed by atoms with Gasteiger partial charge in [-0.25, -0.2) is 9.69 Å². The van der Waals surface area contributed by atoms with Crippen molar-refractivity contribution in [2.45, 2.75) is 19.3 Å². The van der Waals surface area contributed by atoms with Crippen LogP contribution in [0.2, 0.25) is 0 Å². The number of nitrogens with zero attached hydrogens (tertiary/aromatic N) is 2. The van der Waals surface area contributed by atoms with Crippen molar-refractivity contribution < 1.29 is 19.2 Å². The summed E-state index contributed by atoms with van der Waals surface area (Å²) in [7, 11) is 1.22. The number of fused-ring (bicyclic) bond motifs is 1. The minimum absolute atomic E-state index is 0.221. The lowest BCUT2D eigenvalue weighted by atomic mass is 9.93. The maximum Gasteiger partial charge on any atom is 0.421 e. The number of hydrogen-bond donors (Lipinski definition) is 0. The lowest BCUT2D eigenvalue weighted by Gasteiger charge is -2.14. The average molecular weight is 386 g/mol. The number of nitro groups is 1. The number of hydrogen-bond acceptors (Lipinski definition) is 6. The van der Waals surface area contributed by atoms with Crippen molar-refractivity contribution in [2.24, 2.45) is 0 Å². The summed E-state index contributed by atoms with van der Waals surface area (Å²) in [5.41, 5.74) is 2.21. The third-order valence-electron chi connectivity index (χ3n) is 4.48. The van der Waals surface area contributed by atoms with Crippen LogP contribution in [0, 0.1) is 10.1 Å². The first-order valence-corrected chi connectivity index (χ1v) is 9.18. The fraction of sp³-hybridized carbons (Fsp3) is 0.263. The number of ether oxygens (including phenoxy) is 1. The fourth-order valence-electron chi connectivity index (χ4n) is 3.33. The molecule has 3 rings (SSSR count). The Labute approximate surface area is 160 Å². The molecule has 0 spiro atoms. The van der Waals surface area contributed by atoms with Gasteiger partial charge in [0.2, 0.25) is 6.54 Å². The smallest absolute Gasteiger partial charge is 0.421 e. The lowest BCUT2D eigenvalue weighted by Crippen LogP contribution is -2.33. The van der Waals surface area contributed by atoms with Gasteiger partial charge in [-0.3, -0.25) is 14.9 Å². The van der Waals surface area contributed by atoms with Crippen molar-refractivity contribution in [3.8, 4) is 0 Å². The molecule has 7 nitrogen and oxygen atoms in total. The van der Waals surface area contributed by atoms with E-state index >= 15 is 0 Å². The predicted molar refractivity (Wildman–Crippen MR) is 102 cm³/mol. The third-order valence-corrected chi connectivity index (χ3v) is 5.52. The summed E-state index contributed by atoms with van der Waals surface area (Å²) in [6.07, 6.45) is -0.401. The van der Waals surface area contributed by atoms with Gasteiger partial charge in [0.05, 0.1) is 18.7 Å². The molecule has 0 saturated heterocycles. The minimum Gasteiger partial charge on any atom is -0.452 e. The predicted octanol–water partition coefficient (Wildman–Crippen LogP) is 4.09. The van der Waals surface area contributed by atoms with E-state index in [4.69, 9.17) is 4.74 Å². The summed E-state index contributed by atoms with van der Waals surface area (Å²) in [6.45, 7) is 1.56. The molecule has 0 unspecified atom stereocenters. The van der Waals surface area contributed by atoms with E-state index in [2.05, 4.69) is 0 Å². The van der Waals surface area contributed by atoms with Crippen LogP contribution < -0.4 is 4.90 Å². The van der Waals surface area contributed by atoms with Gasteiger partial charge in [0.25, 0.3) is 5.91 Å². The van der Waals surface area contributed by atoms with Crippen LogP contribution >= 0.6 is 11.3 Å². The van der Waals surface area contributed by atoms with Crippen LogP contribution in [-0.2, 0) is 9.53 Å². The van der Waals surface area contributed by atoms with Crippen molar-refractivity contribution in [1.29, 1.82) is 0 Å². The number of rotatable bonds is 5. The topological polar surface area (TPSA) is 89.8 Å². The van der Waals surface area contributed by atoms with Gasteiger partial charge in [0.15, 0.2) is 0 Å². The molecule has 0 bridgehead atoms. The van der Waals surface area contributed by atoms with Gasteiger partial charge in [0, 0.05) is 20.9 Å². The van der Waals surface area contributed by atoms with Crippen molar-refractivity contribution in [3.63, 3.8) is 0 Å². The molecule has 2 aromatic rings. The van der Waals surface area contributed by atoms with Crippen LogP contribution in [0.25, 0.3) is 5.57 Å². The minimum atomic E-state index is -0.754. The van der Waals surface area contributed by atoms with Crippen LogP contribution in [-0.4, -0.2) is 30.6 Å². The van der Waals surface area contributed by atoms with Gasteiger partial charge >= 0.3 is 6.09 Å². The van der Waals surface area contributed by atoms with E-state index in [0.717, 1.165) is 9.78 Å². The third kappa shape index (κ3) is 3.61. The molecule has 1 aliphatic rings. The van der Waals surface area contributed by atoms with Gasteiger partial charge in [0.1, 0.15) is 0 Å². The fourth-order valence-corrected chi connectivity index (χ4v) is 4.15. The Balaban J connectivity index is 2.02. The molecule has 1 aliphatic heterocycles. The van der Waals surface area contributed by atoms with E-state index in [0.29, 0.717) is 28.8 Å². The highest BCUT2D eigenvalue weighted by atomic mass is 32.1. The number of carbonyl (C=O) groups excluding carboxylic acids is 2. The Morgan fingerprint density at radius 2 is 2.04 bits per heavy atom. The first-order chi connectivity index (χ1) is 12.9. The van der Waals surface area contributed by atoms with Crippen molar-refractivity contribution >= 4 is 34.6 Å². The number of carbonyl (C=O) groups is 2. The molecule has 140 valence electrons. The number of benzene rings is 1. The standard InChI is InChI=1S/C19H18N2O5S/c1-12(10-13(11-20(24)25)16-8-5-9-27-16)17-14-6-3-4-7-15(14)21(18(17)22)19(23)26-2/h3-9,13H,10-11H2,1-2H3/b17-12-/t13-/m0/s1. The monoisotopic (exact) mass is 386 g/mol. The summed E-state index contributed by atoms with van der Waals surface area (Å²) in [5.74, 6) is -0.800. The highest BCUT2D eigenvalue weighted by Crippen LogP contribution is 2.41. The normalized spacial score (nSPS) is 16.1. The van der Waals surface area contributed by atoms with E-state index in [1.54, 1.807) is 31.2 Å². The molecule has 8 heteroatoms. The van der Waals surface area contributed by atoms with Gasteiger partial charge in [-0.05, 0) is 30.9 Å². The maximum absolute atomic E-state index is 12.9. The lowest BCUT2D eigenvalue weighted by molar-refractivity contribution is -0.483. The first-order valence-electron chi connectivity index (χ1n) is 8.30. The maximum atomic E-state index is 12.9. The molecule has 0 N–H and O–H groups in total. The molecule has 0 saturated carbocycles. The molecule has 0 fully saturated rings. The first kappa shape index (κ1) is 18.8. The summed E-state index contributed by atoms with van der Waals surface area (Å²) in [5, 5.41) is 13.0. The molecular weight excluding hydrogens is 368 g/mol.